The van der Waals surface area contributed by atoms with E-state index in [1.54, 1.807) is 6.07 Å². The Morgan fingerprint density at radius 3 is 2.73 bits per heavy atom. The standard InChI is InChI=1S/C9H7Cl2/c10-8-3-1-2-7(9(8)11)6-4-5-6/h1,3,6H,4-5H2. The van der Waals surface area contributed by atoms with E-state index in [0.29, 0.717) is 16.0 Å². The summed E-state index contributed by atoms with van der Waals surface area (Å²) >= 11 is 11.8. The maximum absolute atomic E-state index is 5.97. The van der Waals surface area contributed by atoms with Gasteiger partial charge in [0.1, 0.15) is 0 Å². The van der Waals surface area contributed by atoms with Crippen LogP contribution in [-0.4, -0.2) is 0 Å². The van der Waals surface area contributed by atoms with Crippen molar-refractivity contribution in [3.05, 3.63) is 33.8 Å². The van der Waals surface area contributed by atoms with Crippen LogP contribution in [0.4, 0.5) is 0 Å². The molecular weight excluding hydrogens is 179 g/mol. The van der Waals surface area contributed by atoms with Gasteiger partial charge in [0.05, 0.1) is 10.0 Å². The lowest BCUT2D eigenvalue weighted by Gasteiger charge is -2.01. The molecule has 0 N–H and O–H groups in total. The monoisotopic (exact) mass is 185 g/mol. The van der Waals surface area contributed by atoms with E-state index in [1.807, 2.05) is 6.07 Å². The first-order valence-corrected chi connectivity index (χ1v) is 4.40. The summed E-state index contributed by atoms with van der Waals surface area (Å²) < 4.78 is 0. The van der Waals surface area contributed by atoms with Crippen molar-refractivity contribution in [2.24, 2.45) is 0 Å². The predicted octanol–water partition coefficient (Wildman–Crippen LogP) is 3.67. The maximum atomic E-state index is 5.97. The zero-order chi connectivity index (χ0) is 7.84. The van der Waals surface area contributed by atoms with Crippen LogP contribution in [0.15, 0.2) is 12.1 Å². The molecule has 0 atom stereocenters. The molecule has 1 radical (unpaired) electrons. The average molecular weight is 186 g/mol. The van der Waals surface area contributed by atoms with Crippen LogP contribution in [0.25, 0.3) is 0 Å². The molecule has 0 amide bonds. The first-order valence-electron chi connectivity index (χ1n) is 3.64. The van der Waals surface area contributed by atoms with E-state index in [1.165, 1.54) is 12.8 Å². The fourth-order valence-electron chi connectivity index (χ4n) is 1.14. The summed E-state index contributed by atoms with van der Waals surface area (Å²) in [6, 6.07) is 6.73. The van der Waals surface area contributed by atoms with Crippen molar-refractivity contribution in [2.75, 3.05) is 0 Å². The van der Waals surface area contributed by atoms with Gasteiger partial charge in [-0.15, -0.1) is 0 Å². The second kappa shape index (κ2) is 2.69. The first-order chi connectivity index (χ1) is 5.29. The zero-order valence-corrected chi connectivity index (χ0v) is 7.41. The summed E-state index contributed by atoms with van der Waals surface area (Å²) in [5, 5.41) is 1.34. The summed E-state index contributed by atoms with van der Waals surface area (Å²) in [7, 11) is 0. The van der Waals surface area contributed by atoms with E-state index in [-0.39, 0.29) is 0 Å². The van der Waals surface area contributed by atoms with Crippen molar-refractivity contribution >= 4 is 23.2 Å². The lowest BCUT2D eigenvalue weighted by Crippen LogP contribution is -1.81. The van der Waals surface area contributed by atoms with Crippen molar-refractivity contribution in [3.8, 4) is 0 Å². The third kappa shape index (κ3) is 1.38. The van der Waals surface area contributed by atoms with Gasteiger partial charge >= 0.3 is 0 Å². The minimum atomic E-state index is 0.626. The topological polar surface area (TPSA) is 0 Å². The second-order valence-corrected chi connectivity index (χ2v) is 3.61. The lowest BCUT2D eigenvalue weighted by atomic mass is 10.1. The van der Waals surface area contributed by atoms with Gasteiger partial charge < -0.3 is 0 Å². The normalized spacial score (nSPS) is 16.9. The van der Waals surface area contributed by atoms with E-state index in [9.17, 15) is 0 Å². The third-order valence-electron chi connectivity index (χ3n) is 1.90. The molecule has 0 saturated heterocycles. The highest BCUT2D eigenvalue weighted by molar-refractivity contribution is 6.42. The molecule has 2 rings (SSSR count). The van der Waals surface area contributed by atoms with Gasteiger partial charge in [-0.05, 0) is 36.5 Å². The molecule has 2 heteroatoms. The average Bonchev–Trinajstić information content (AvgIpc) is 2.77. The predicted molar refractivity (Wildman–Crippen MR) is 47.3 cm³/mol. The second-order valence-electron chi connectivity index (χ2n) is 2.83. The number of hydrogen-bond donors (Lipinski definition) is 0. The summed E-state index contributed by atoms with van der Waals surface area (Å²) in [6.07, 6.45) is 2.47. The Morgan fingerprint density at radius 2 is 2.09 bits per heavy atom. The molecular formula is C9H7Cl2. The fraction of sp³-hybridized carbons (Fsp3) is 0.333. The molecule has 0 heterocycles. The van der Waals surface area contributed by atoms with E-state index in [0.717, 1.165) is 5.56 Å². The molecule has 0 nitrogen and oxygen atoms in total. The van der Waals surface area contributed by atoms with Crippen molar-refractivity contribution in [1.29, 1.82) is 0 Å². The van der Waals surface area contributed by atoms with E-state index in [2.05, 4.69) is 6.07 Å². The molecule has 0 aliphatic heterocycles. The Bertz CT molecular complexity index is 277. The molecule has 1 saturated carbocycles. The van der Waals surface area contributed by atoms with Crippen LogP contribution in [-0.2, 0) is 0 Å². The van der Waals surface area contributed by atoms with Crippen LogP contribution in [0.2, 0.25) is 10.0 Å². The zero-order valence-electron chi connectivity index (χ0n) is 5.90. The Morgan fingerprint density at radius 1 is 1.36 bits per heavy atom. The van der Waals surface area contributed by atoms with Gasteiger partial charge in [0.15, 0.2) is 0 Å². The fourth-order valence-corrected chi connectivity index (χ4v) is 1.58. The Kier molecular flexibility index (Phi) is 1.82. The molecule has 0 aromatic heterocycles. The van der Waals surface area contributed by atoms with Crippen molar-refractivity contribution in [2.45, 2.75) is 18.8 Å². The summed E-state index contributed by atoms with van der Waals surface area (Å²) in [4.78, 5) is 0. The van der Waals surface area contributed by atoms with Gasteiger partial charge in [-0.2, -0.15) is 0 Å². The van der Waals surface area contributed by atoms with Gasteiger partial charge in [-0.1, -0.05) is 29.3 Å². The Labute approximate surface area is 76.1 Å². The van der Waals surface area contributed by atoms with Crippen LogP contribution in [0.1, 0.15) is 24.3 Å². The number of benzene rings is 1. The van der Waals surface area contributed by atoms with E-state index in [4.69, 9.17) is 23.2 Å². The highest BCUT2D eigenvalue weighted by atomic mass is 35.5. The van der Waals surface area contributed by atoms with Crippen LogP contribution < -0.4 is 0 Å². The molecule has 0 unspecified atom stereocenters. The van der Waals surface area contributed by atoms with Crippen molar-refractivity contribution in [3.63, 3.8) is 0 Å². The summed E-state index contributed by atoms with van der Waals surface area (Å²) in [5.41, 5.74) is 1.10. The minimum absolute atomic E-state index is 0.626. The van der Waals surface area contributed by atoms with E-state index < -0.39 is 0 Å². The van der Waals surface area contributed by atoms with Gasteiger partial charge in [-0.25, -0.2) is 0 Å². The third-order valence-corrected chi connectivity index (χ3v) is 2.72. The molecule has 11 heavy (non-hydrogen) atoms. The number of hydrogen-bond acceptors (Lipinski definition) is 0. The van der Waals surface area contributed by atoms with Crippen LogP contribution >= 0.6 is 23.2 Å². The smallest absolute Gasteiger partial charge is 0.0633 e. The first kappa shape index (κ1) is 7.45. The molecule has 1 fully saturated rings. The molecule has 1 aliphatic carbocycles. The molecule has 1 aromatic carbocycles. The van der Waals surface area contributed by atoms with Gasteiger partial charge in [-0.3, -0.25) is 0 Å². The molecule has 57 valence electrons. The molecule has 1 aliphatic rings. The number of rotatable bonds is 1. The van der Waals surface area contributed by atoms with Crippen molar-refractivity contribution < 1.29 is 0 Å². The summed E-state index contributed by atoms with van der Waals surface area (Å²) in [6.45, 7) is 0. The van der Waals surface area contributed by atoms with Crippen molar-refractivity contribution in [1.82, 2.24) is 0 Å². The van der Waals surface area contributed by atoms with Crippen LogP contribution in [0, 0.1) is 6.07 Å². The molecule has 0 bridgehead atoms. The van der Waals surface area contributed by atoms with E-state index >= 15 is 0 Å². The molecule has 0 spiro atoms. The Balaban J connectivity index is 2.45. The quantitative estimate of drug-likeness (QED) is 0.627. The summed E-state index contributed by atoms with van der Waals surface area (Å²) in [5.74, 6) is 0.626. The largest absolute Gasteiger partial charge is 0.0827 e. The van der Waals surface area contributed by atoms with Crippen LogP contribution in [0.5, 0.6) is 0 Å². The van der Waals surface area contributed by atoms with Gasteiger partial charge in [0, 0.05) is 0 Å². The SMILES string of the molecule is Clc1cc[c]c(C2CC2)c1Cl. The van der Waals surface area contributed by atoms with Gasteiger partial charge in [0.25, 0.3) is 0 Å². The maximum Gasteiger partial charge on any atom is 0.0633 e. The van der Waals surface area contributed by atoms with Gasteiger partial charge in [0.2, 0.25) is 0 Å². The lowest BCUT2D eigenvalue weighted by molar-refractivity contribution is 1.13. The highest BCUT2D eigenvalue weighted by Gasteiger charge is 2.26. The highest BCUT2D eigenvalue weighted by Crippen LogP contribution is 2.44. The Hall–Kier alpha value is -0.200. The molecule has 1 aromatic rings. The van der Waals surface area contributed by atoms with Crippen LogP contribution in [0.3, 0.4) is 0 Å². The minimum Gasteiger partial charge on any atom is -0.0827 e. The number of halogens is 2.